The molecule has 0 unspecified atom stereocenters. The molecule has 0 radical (unpaired) electrons. The number of hydrogen-bond acceptors (Lipinski definition) is 5. The number of aliphatic hydroxyl groups is 1. The van der Waals surface area contributed by atoms with E-state index < -0.39 is 0 Å². The molecular formula is C14H19N3O2. The molecule has 5 heteroatoms. The summed E-state index contributed by atoms with van der Waals surface area (Å²) < 4.78 is 5.27. The molecule has 0 spiro atoms. The Hall–Kier alpha value is -1.72. The van der Waals surface area contributed by atoms with Gasteiger partial charge < -0.3 is 9.63 Å². The Balaban J connectivity index is 2.01. The van der Waals surface area contributed by atoms with E-state index in [2.05, 4.69) is 22.0 Å². The molecule has 1 N–H and O–H groups in total. The maximum absolute atomic E-state index is 8.85. The number of aliphatic hydroxyl groups excluding tert-OH is 1. The summed E-state index contributed by atoms with van der Waals surface area (Å²) in [5.41, 5.74) is 0.955. The lowest BCUT2D eigenvalue weighted by Gasteiger charge is -2.16. The minimum Gasteiger partial charge on any atom is -0.396 e. The predicted molar refractivity (Wildman–Crippen MR) is 72.4 cm³/mol. The molecule has 0 atom stereocenters. The minimum absolute atomic E-state index is 0.204. The highest BCUT2D eigenvalue weighted by Crippen LogP contribution is 2.15. The van der Waals surface area contributed by atoms with Crippen LogP contribution >= 0.6 is 0 Å². The van der Waals surface area contributed by atoms with Crippen LogP contribution in [0, 0.1) is 0 Å². The van der Waals surface area contributed by atoms with E-state index in [1.165, 1.54) is 0 Å². The Kier molecular flexibility index (Phi) is 5.06. The lowest BCUT2D eigenvalue weighted by Crippen LogP contribution is -2.24. The molecular weight excluding hydrogens is 242 g/mol. The highest BCUT2D eigenvalue weighted by molar-refractivity contribution is 5.53. The molecule has 19 heavy (non-hydrogen) atoms. The molecule has 0 saturated carbocycles. The Bertz CT molecular complexity index is 484. The van der Waals surface area contributed by atoms with Crippen molar-refractivity contribution in [3.05, 3.63) is 36.2 Å². The normalized spacial score (nSPS) is 11.1. The smallest absolute Gasteiger partial charge is 0.241 e. The minimum atomic E-state index is 0.204. The van der Waals surface area contributed by atoms with Gasteiger partial charge in [0.2, 0.25) is 11.7 Å². The average molecular weight is 261 g/mol. The summed E-state index contributed by atoms with van der Waals surface area (Å²) in [6, 6.07) is 9.77. The summed E-state index contributed by atoms with van der Waals surface area (Å²) in [7, 11) is 0. The van der Waals surface area contributed by atoms with Crippen LogP contribution in [0.4, 0.5) is 0 Å². The quantitative estimate of drug-likeness (QED) is 0.825. The van der Waals surface area contributed by atoms with Crippen molar-refractivity contribution in [3.63, 3.8) is 0 Å². The summed E-state index contributed by atoms with van der Waals surface area (Å²) in [4.78, 5) is 6.56. The predicted octanol–water partition coefficient (Wildman–Crippen LogP) is 1.94. The number of nitrogens with zero attached hydrogens (tertiary/aromatic N) is 3. The van der Waals surface area contributed by atoms with Crippen LogP contribution in [-0.2, 0) is 6.54 Å². The molecule has 0 aliphatic carbocycles. The zero-order chi connectivity index (χ0) is 13.5. The van der Waals surface area contributed by atoms with Crippen molar-refractivity contribution < 1.29 is 9.63 Å². The molecule has 0 aliphatic rings. The highest BCUT2D eigenvalue weighted by Gasteiger charge is 2.11. The number of hydrogen-bond donors (Lipinski definition) is 1. The first-order valence-electron chi connectivity index (χ1n) is 6.54. The summed E-state index contributed by atoms with van der Waals surface area (Å²) in [6.45, 7) is 4.62. The van der Waals surface area contributed by atoms with Gasteiger partial charge in [0.1, 0.15) is 0 Å². The van der Waals surface area contributed by atoms with Crippen LogP contribution in [0.5, 0.6) is 0 Å². The lowest BCUT2D eigenvalue weighted by molar-refractivity contribution is 0.205. The van der Waals surface area contributed by atoms with E-state index in [0.717, 1.165) is 25.1 Å². The van der Waals surface area contributed by atoms with E-state index in [-0.39, 0.29) is 6.61 Å². The van der Waals surface area contributed by atoms with Gasteiger partial charge in [-0.2, -0.15) is 4.98 Å². The molecule has 0 aliphatic heterocycles. The fraction of sp³-hybridized carbons (Fsp3) is 0.429. The van der Waals surface area contributed by atoms with Gasteiger partial charge in [0, 0.05) is 18.7 Å². The van der Waals surface area contributed by atoms with Crippen molar-refractivity contribution >= 4 is 0 Å². The van der Waals surface area contributed by atoms with Crippen LogP contribution in [0.25, 0.3) is 11.4 Å². The first kappa shape index (κ1) is 13.7. The van der Waals surface area contributed by atoms with Gasteiger partial charge in [-0.1, -0.05) is 42.4 Å². The van der Waals surface area contributed by atoms with Crippen LogP contribution in [0.3, 0.4) is 0 Å². The Labute approximate surface area is 112 Å². The zero-order valence-corrected chi connectivity index (χ0v) is 11.1. The van der Waals surface area contributed by atoms with Crippen molar-refractivity contribution in [2.45, 2.75) is 19.9 Å². The van der Waals surface area contributed by atoms with E-state index in [1.807, 2.05) is 30.3 Å². The summed E-state index contributed by atoms with van der Waals surface area (Å²) in [6.07, 6.45) is 0.757. The largest absolute Gasteiger partial charge is 0.396 e. The van der Waals surface area contributed by atoms with E-state index >= 15 is 0 Å². The Morgan fingerprint density at radius 3 is 2.74 bits per heavy atom. The van der Waals surface area contributed by atoms with Gasteiger partial charge in [-0.25, -0.2) is 0 Å². The van der Waals surface area contributed by atoms with Crippen LogP contribution < -0.4 is 0 Å². The SMILES string of the molecule is CCN(CCCO)Cc1nc(-c2ccccc2)no1. The topological polar surface area (TPSA) is 62.4 Å². The molecule has 5 nitrogen and oxygen atoms in total. The van der Waals surface area contributed by atoms with Gasteiger partial charge in [-0.05, 0) is 13.0 Å². The van der Waals surface area contributed by atoms with Crippen LogP contribution in [0.15, 0.2) is 34.9 Å². The van der Waals surface area contributed by atoms with Crippen LogP contribution in [0.2, 0.25) is 0 Å². The van der Waals surface area contributed by atoms with Crippen molar-refractivity contribution in [3.8, 4) is 11.4 Å². The third-order valence-corrected chi connectivity index (χ3v) is 2.94. The van der Waals surface area contributed by atoms with Gasteiger partial charge in [-0.3, -0.25) is 4.90 Å². The van der Waals surface area contributed by atoms with Crippen molar-refractivity contribution in [1.29, 1.82) is 0 Å². The molecule has 0 amide bonds. The monoisotopic (exact) mass is 261 g/mol. The molecule has 0 bridgehead atoms. The van der Waals surface area contributed by atoms with Gasteiger partial charge in [0.05, 0.1) is 6.54 Å². The van der Waals surface area contributed by atoms with E-state index in [1.54, 1.807) is 0 Å². The van der Waals surface area contributed by atoms with E-state index in [4.69, 9.17) is 9.63 Å². The maximum Gasteiger partial charge on any atom is 0.241 e. The molecule has 0 saturated heterocycles. The Morgan fingerprint density at radius 2 is 2.05 bits per heavy atom. The highest BCUT2D eigenvalue weighted by atomic mass is 16.5. The fourth-order valence-electron chi connectivity index (χ4n) is 1.86. The summed E-state index contributed by atoms with van der Waals surface area (Å²) in [5.74, 6) is 1.23. The Morgan fingerprint density at radius 1 is 1.26 bits per heavy atom. The number of benzene rings is 1. The molecule has 1 aromatic carbocycles. The summed E-state index contributed by atoms with van der Waals surface area (Å²) in [5, 5.41) is 12.8. The molecule has 0 fully saturated rings. The van der Waals surface area contributed by atoms with Crippen LogP contribution in [-0.4, -0.2) is 39.8 Å². The maximum atomic E-state index is 8.85. The molecule has 102 valence electrons. The third kappa shape index (κ3) is 3.87. The van der Waals surface area contributed by atoms with Gasteiger partial charge in [0.25, 0.3) is 0 Å². The van der Waals surface area contributed by atoms with Crippen molar-refractivity contribution in [2.24, 2.45) is 0 Å². The molecule has 2 rings (SSSR count). The van der Waals surface area contributed by atoms with Crippen molar-refractivity contribution in [2.75, 3.05) is 19.7 Å². The second kappa shape index (κ2) is 7.01. The van der Waals surface area contributed by atoms with Gasteiger partial charge in [0.15, 0.2) is 0 Å². The van der Waals surface area contributed by atoms with E-state index in [9.17, 15) is 0 Å². The zero-order valence-electron chi connectivity index (χ0n) is 11.1. The molecule has 1 heterocycles. The number of rotatable bonds is 7. The van der Waals surface area contributed by atoms with Gasteiger partial charge in [-0.15, -0.1) is 0 Å². The second-order valence-corrected chi connectivity index (χ2v) is 4.32. The number of aromatic nitrogens is 2. The lowest BCUT2D eigenvalue weighted by atomic mass is 10.2. The first-order chi connectivity index (χ1) is 9.33. The second-order valence-electron chi connectivity index (χ2n) is 4.32. The van der Waals surface area contributed by atoms with Crippen molar-refractivity contribution in [1.82, 2.24) is 15.0 Å². The fourth-order valence-corrected chi connectivity index (χ4v) is 1.86. The standard InChI is InChI=1S/C14H19N3O2/c1-2-17(9-6-10-18)11-13-15-14(16-19-13)12-7-4-3-5-8-12/h3-5,7-8,18H,2,6,9-11H2,1H3. The van der Waals surface area contributed by atoms with E-state index in [0.29, 0.717) is 18.3 Å². The molecule has 2 aromatic rings. The van der Waals surface area contributed by atoms with Gasteiger partial charge >= 0.3 is 0 Å². The first-order valence-corrected chi connectivity index (χ1v) is 6.54. The molecule has 1 aromatic heterocycles. The van der Waals surface area contributed by atoms with Crippen LogP contribution in [0.1, 0.15) is 19.2 Å². The third-order valence-electron chi connectivity index (χ3n) is 2.94. The summed E-state index contributed by atoms with van der Waals surface area (Å²) >= 11 is 0. The average Bonchev–Trinajstić information content (AvgIpc) is 2.93.